The quantitative estimate of drug-likeness (QED) is 0.424. The molecule has 5 heteroatoms. The van der Waals surface area contributed by atoms with Crippen molar-refractivity contribution in [1.82, 2.24) is 4.90 Å². The van der Waals surface area contributed by atoms with Gasteiger partial charge in [0.05, 0.1) is 16.8 Å². The van der Waals surface area contributed by atoms with Crippen LogP contribution >= 0.6 is 23.2 Å². The number of piperazine rings is 1. The van der Waals surface area contributed by atoms with Gasteiger partial charge in [-0.05, 0) is 54.3 Å². The SMILES string of the molecule is Cc1ccc(N2CCN(C(=O)C(C)Cc3ccccc3)CC2c2ccc(Cl)cc2)c(Cl)c1. The van der Waals surface area contributed by atoms with Gasteiger partial charge in [-0.15, -0.1) is 0 Å². The van der Waals surface area contributed by atoms with E-state index in [1.54, 1.807) is 0 Å². The first-order chi connectivity index (χ1) is 15.4. The minimum absolute atomic E-state index is 0.00842. The number of aryl methyl sites for hydroxylation is 1. The Hall–Kier alpha value is -2.49. The van der Waals surface area contributed by atoms with Crippen molar-refractivity contribution >= 4 is 34.8 Å². The third-order valence-electron chi connectivity index (χ3n) is 6.17. The van der Waals surface area contributed by atoms with Gasteiger partial charge in [0.2, 0.25) is 5.91 Å². The number of hydrogen-bond donors (Lipinski definition) is 0. The molecule has 1 saturated heterocycles. The second kappa shape index (κ2) is 9.97. The van der Waals surface area contributed by atoms with Crippen LogP contribution in [0.3, 0.4) is 0 Å². The van der Waals surface area contributed by atoms with E-state index in [9.17, 15) is 4.79 Å². The molecule has 1 aliphatic heterocycles. The Morgan fingerprint density at radius 1 is 1.00 bits per heavy atom. The van der Waals surface area contributed by atoms with Crippen LogP contribution in [0.5, 0.6) is 0 Å². The molecule has 0 N–H and O–H groups in total. The lowest BCUT2D eigenvalue weighted by molar-refractivity contribution is -0.135. The van der Waals surface area contributed by atoms with Crippen LogP contribution in [0.1, 0.15) is 29.7 Å². The number of halogens is 2. The molecule has 166 valence electrons. The molecular weight excluding hydrogens is 439 g/mol. The molecule has 4 rings (SSSR count). The maximum Gasteiger partial charge on any atom is 0.225 e. The van der Waals surface area contributed by atoms with Gasteiger partial charge in [0.25, 0.3) is 0 Å². The van der Waals surface area contributed by atoms with E-state index in [0.717, 1.165) is 34.8 Å². The van der Waals surface area contributed by atoms with Crippen molar-refractivity contribution in [2.45, 2.75) is 26.3 Å². The Kier molecular flexibility index (Phi) is 7.07. The highest BCUT2D eigenvalue weighted by Crippen LogP contribution is 2.36. The molecule has 32 heavy (non-hydrogen) atoms. The van der Waals surface area contributed by atoms with Crippen molar-refractivity contribution in [3.05, 3.63) is 99.5 Å². The highest BCUT2D eigenvalue weighted by Gasteiger charge is 2.33. The van der Waals surface area contributed by atoms with Crippen LogP contribution in [-0.4, -0.2) is 30.4 Å². The standard InChI is InChI=1S/C27H28Cl2N2O/c1-19-8-13-25(24(29)16-19)31-15-14-30(18-26(31)22-9-11-23(28)12-10-22)27(32)20(2)17-21-6-4-3-5-7-21/h3-13,16,20,26H,14-15,17-18H2,1-2H3. The predicted molar refractivity (Wildman–Crippen MR) is 134 cm³/mol. The summed E-state index contributed by atoms with van der Waals surface area (Å²) in [6.07, 6.45) is 0.745. The van der Waals surface area contributed by atoms with Crippen molar-refractivity contribution in [1.29, 1.82) is 0 Å². The number of hydrogen-bond acceptors (Lipinski definition) is 2. The summed E-state index contributed by atoms with van der Waals surface area (Å²) >= 11 is 12.8. The number of carbonyl (C=O) groups is 1. The molecule has 0 spiro atoms. The minimum atomic E-state index is -0.0715. The van der Waals surface area contributed by atoms with Gasteiger partial charge in [0.15, 0.2) is 0 Å². The van der Waals surface area contributed by atoms with E-state index in [4.69, 9.17) is 23.2 Å². The Morgan fingerprint density at radius 3 is 2.41 bits per heavy atom. The van der Waals surface area contributed by atoms with Crippen LogP contribution < -0.4 is 4.90 Å². The van der Waals surface area contributed by atoms with Crippen molar-refractivity contribution in [2.75, 3.05) is 24.5 Å². The smallest absolute Gasteiger partial charge is 0.225 e. The lowest BCUT2D eigenvalue weighted by Gasteiger charge is -2.44. The summed E-state index contributed by atoms with van der Waals surface area (Å²) in [7, 11) is 0. The Balaban J connectivity index is 1.58. The first-order valence-corrected chi connectivity index (χ1v) is 11.8. The maximum absolute atomic E-state index is 13.3. The summed E-state index contributed by atoms with van der Waals surface area (Å²) in [5.41, 5.74) is 4.44. The van der Waals surface area contributed by atoms with Gasteiger partial charge in [0.1, 0.15) is 0 Å². The normalized spacial score (nSPS) is 17.3. The zero-order chi connectivity index (χ0) is 22.7. The van der Waals surface area contributed by atoms with Crippen molar-refractivity contribution in [3.8, 4) is 0 Å². The summed E-state index contributed by atoms with van der Waals surface area (Å²) in [6.45, 7) is 6.07. The molecule has 3 nitrogen and oxygen atoms in total. The molecule has 1 aliphatic rings. The van der Waals surface area contributed by atoms with Crippen molar-refractivity contribution in [3.63, 3.8) is 0 Å². The highest BCUT2D eigenvalue weighted by atomic mass is 35.5. The second-order valence-electron chi connectivity index (χ2n) is 8.59. The van der Waals surface area contributed by atoms with E-state index >= 15 is 0 Å². The Bertz CT molecular complexity index is 1070. The molecule has 1 amide bonds. The molecule has 0 saturated carbocycles. The zero-order valence-electron chi connectivity index (χ0n) is 18.5. The van der Waals surface area contributed by atoms with Gasteiger partial charge in [-0.3, -0.25) is 4.79 Å². The van der Waals surface area contributed by atoms with Crippen molar-refractivity contribution in [2.24, 2.45) is 5.92 Å². The fourth-order valence-electron chi connectivity index (χ4n) is 4.45. The molecular formula is C27H28Cl2N2O. The summed E-state index contributed by atoms with van der Waals surface area (Å²) in [4.78, 5) is 17.7. The molecule has 1 heterocycles. The number of rotatable bonds is 5. The van der Waals surface area contributed by atoms with Crippen LogP contribution in [0.4, 0.5) is 5.69 Å². The van der Waals surface area contributed by atoms with Crippen LogP contribution in [0.25, 0.3) is 0 Å². The van der Waals surface area contributed by atoms with E-state index in [1.165, 1.54) is 5.56 Å². The fraction of sp³-hybridized carbons (Fsp3) is 0.296. The topological polar surface area (TPSA) is 23.6 Å². The average Bonchev–Trinajstić information content (AvgIpc) is 2.79. The van der Waals surface area contributed by atoms with Gasteiger partial charge in [0, 0.05) is 30.6 Å². The van der Waals surface area contributed by atoms with Crippen LogP contribution in [0, 0.1) is 12.8 Å². The Morgan fingerprint density at radius 2 is 1.72 bits per heavy atom. The molecule has 0 bridgehead atoms. The van der Waals surface area contributed by atoms with Crippen LogP contribution in [0.15, 0.2) is 72.8 Å². The average molecular weight is 467 g/mol. The zero-order valence-corrected chi connectivity index (χ0v) is 20.0. The first kappa shape index (κ1) is 22.7. The number of amides is 1. The molecule has 0 aliphatic carbocycles. The molecule has 3 aromatic carbocycles. The van der Waals surface area contributed by atoms with E-state index in [-0.39, 0.29) is 17.9 Å². The molecule has 0 aromatic heterocycles. The van der Waals surface area contributed by atoms with E-state index in [2.05, 4.69) is 29.2 Å². The maximum atomic E-state index is 13.3. The molecule has 2 unspecified atom stereocenters. The minimum Gasteiger partial charge on any atom is -0.360 e. The summed E-state index contributed by atoms with van der Waals surface area (Å²) in [5.74, 6) is 0.125. The lowest BCUT2D eigenvalue weighted by Crippen LogP contribution is -2.52. The highest BCUT2D eigenvalue weighted by molar-refractivity contribution is 6.33. The van der Waals surface area contributed by atoms with Gasteiger partial charge in [-0.1, -0.05) is 78.7 Å². The van der Waals surface area contributed by atoms with Gasteiger partial charge in [-0.2, -0.15) is 0 Å². The Labute approximate surface area is 200 Å². The second-order valence-corrected chi connectivity index (χ2v) is 9.43. The number of nitrogens with zero attached hydrogens (tertiary/aromatic N) is 2. The van der Waals surface area contributed by atoms with E-state index in [0.29, 0.717) is 18.1 Å². The molecule has 0 radical (unpaired) electrons. The van der Waals surface area contributed by atoms with Crippen molar-refractivity contribution < 1.29 is 4.79 Å². The fourth-order valence-corrected chi connectivity index (χ4v) is 4.92. The third-order valence-corrected chi connectivity index (χ3v) is 6.72. The van der Waals surface area contributed by atoms with Gasteiger partial charge < -0.3 is 9.80 Å². The number of anilines is 1. The van der Waals surface area contributed by atoms with E-state index in [1.807, 2.05) is 67.3 Å². The van der Waals surface area contributed by atoms with Gasteiger partial charge >= 0.3 is 0 Å². The van der Waals surface area contributed by atoms with E-state index < -0.39 is 0 Å². The monoisotopic (exact) mass is 466 g/mol. The van der Waals surface area contributed by atoms with Crippen LogP contribution in [-0.2, 0) is 11.2 Å². The largest absolute Gasteiger partial charge is 0.360 e. The first-order valence-electron chi connectivity index (χ1n) is 11.0. The molecule has 2 atom stereocenters. The van der Waals surface area contributed by atoms with Crippen LogP contribution in [0.2, 0.25) is 10.0 Å². The summed E-state index contributed by atoms with van der Waals surface area (Å²) < 4.78 is 0. The summed E-state index contributed by atoms with van der Waals surface area (Å²) in [5, 5.41) is 1.44. The van der Waals surface area contributed by atoms with Gasteiger partial charge in [-0.25, -0.2) is 0 Å². The third kappa shape index (κ3) is 5.11. The number of carbonyl (C=O) groups excluding carboxylic acids is 1. The predicted octanol–water partition coefficient (Wildman–Crippen LogP) is 6.57. The number of benzene rings is 3. The molecule has 3 aromatic rings. The molecule has 1 fully saturated rings. The summed E-state index contributed by atoms with van der Waals surface area (Å²) in [6, 6.07) is 24.3. The lowest BCUT2D eigenvalue weighted by atomic mass is 9.97.